The lowest BCUT2D eigenvalue weighted by Crippen LogP contribution is -2.11. The summed E-state index contributed by atoms with van der Waals surface area (Å²) in [4.78, 5) is 21.6. The van der Waals surface area contributed by atoms with Gasteiger partial charge in [0.1, 0.15) is 5.75 Å². The number of hydrogen-bond acceptors (Lipinski definition) is 4. The number of fused-ring (bicyclic) bond motifs is 1. The fourth-order valence-corrected chi connectivity index (χ4v) is 3.60. The minimum atomic E-state index is -0.0101. The van der Waals surface area contributed by atoms with E-state index in [9.17, 15) is 4.79 Å². The zero-order valence-corrected chi connectivity index (χ0v) is 17.6. The van der Waals surface area contributed by atoms with E-state index in [0.29, 0.717) is 11.3 Å². The number of alkyl halides is 1. The van der Waals surface area contributed by atoms with Crippen LogP contribution >= 0.6 is 11.6 Å². The van der Waals surface area contributed by atoms with Crippen LogP contribution < -0.4 is 4.74 Å². The first-order valence-electron chi connectivity index (χ1n) is 9.80. The van der Waals surface area contributed by atoms with Crippen LogP contribution in [0, 0.1) is 0 Å². The second kappa shape index (κ2) is 8.67. The van der Waals surface area contributed by atoms with Crippen LogP contribution in [0.4, 0.5) is 0 Å². The number of rotatable bonds is 7. The molecule has 152 valence electrons. The van der Waals surface area contributed by atoms with Crippen LogP contribution in [0.25, 0.3) is 22.0 Å². The summed E-state index contributed by atoms with van der Waals surface area (Å²) in [5.41, 5.74) is 3.92. The Balaban J connectivity index is 1.84. The number of Topliss-reactive ketones (excluding diaryl/α,β-unsaturated/α-hetero) is 1. The molecule has 0 aliphatic rings. The van der Waals surface area contributed by atoms with Gasteiger partial charge >= 0.3 is 0 Å². The van der Waals surface area contributed by atoms with Crippen molar-refractivity contribution in [2.24, 2.45) is 0 Å². The van der Waals surface area contributed by atoms with Gasteiger partial charge in [0.2, 0.25) is 0 Å². The molecule has 0 unspecified atom stereocenters. The smallest absolute Gasteiger partial charge is 0.182 e. The Morgan fingerprint density at radius 3 is 2.70 bits per heavy atom. The van der Waals surface area contributed by atoms with Gasteiger partial charge in [-0.05, 0) is 44.2 Å². The summed E-state index contributed by atoms with van der Waals surface area (Å²) in [5, 5.41) is 1.01. The third-order valence-corrected chi connectivity index (χ3v) is 5.02. The largest absolute Gasteiger partial charge is 0.490 e. The van der Waals surface area contributed by atoms with Gasteiger partial charge in [0.25, 0.3) is 0 Å². The van der Waals surface area contributed by atoms with E-state index in [1.807, 2.05) is 50.2 Å². The number of carbonyl (C=O) groups is 1. The summed E-state index contributed by atoms with van der Waals surface area (Å²) in [6.45, 7) is 4.17. The highest BCUT2D eigenvalue weighted by Crippen LogP contribution is 2.36. The van der Waals surface area contributed by atoms with E-state index in [1.165, 1.54) is 0 Å². The molecule has 0 aliphatic heterocycles. The predicted octanol–water partition coefficient (Wildman–Crippen LogP) is 5.51. The molecule has 2 heterocycles. The minimum Gasteiger partial charge on any atom is -0.490 e. The first kappa shape index (κ1) is 20.1. The first-order chi connectivity index (χ1) is 14.5. The van der Waals surface area contributed by atoms with E-state index in [-0.39, 0.29) is 24.3 Å². The lowest BCUT2D eigenvalue weighted by molar-refractivity contribution is 0.0972. The SMILES string of the molecule is CC(C)Oc1ccc(C(=O)Cn2ccnc2)cc1-c1cc2ccccc2nc1CCl. The Labute approximate surface area is 180 Å². The van der Waals surface area contributed by atoms with E-state index in [2.05, 4.69) is 11.1 Å². The number of aromatic nitrogens is 3. The fourth-order valence-electron chi connectivity index (χ4n) is 3.40. The van der Waals surface area contributed by atoms with Crippen molar-refractivity contribution in [3.8, 4) is 16.9 Å². The molecule has 0 N–H and O–H groups in total. The number of carbonyl (C=O) groups excluding carboxylic acids is 1. The van der Waals surface area contributed by atoms with Gasteiger partial charge in [0.05, 0.1) is 36.1 Å². The van der Waals surface area contributed by atoms with Gasteiger partial charge in [0.15, 0.2) is 5.78 Å². The third-order valence-electron chi connectivity index (χ3n) is 4.77. The van der Waals surface area contributed by atoms with Crippen molar-refractivity contribution in [1.82, 2.24) is 14.5 Å². The van der Waals surface area contributed by atoms with Crippen molar-refractivity contribution < 1.29 is 9.53 Å². The van der Waals surface area contributed by atoms with Gasteiger partial charge in [0, 0.05) is 34.5 Å². The lowest BCUT2D eigenvalue weighted by Gasteiger charge is -2.17. The highest BCUT2D eigenvalue weighted by atomic mass is 35.5. The molecule has 4 aromatic rings. The number of benzene rings is 2. The van der Waals surface area contributed by atoms with Crippen molar-refractivity contribution >= 4 is 28.3 Å². The van der Waals surface area contributed by atoms with E-state index in [0.717, 1.165) is 27.7 Å². The number of hydrogen-bond donors (Lipinski definition) is 0. The van der Waals surface area contributed by atoms with Gasteiger partial charge < -0.3 is 9.30 Å². The van der Waals surface area contributed by atoms with Crippen LogP contribution in [-0.2, 0) is 12.4 Å². The average molecular weight is 420 g/mol. The molecule has 0 aliphatic carbocycles. The van der Waals surface area contributed by atoms with Crippen LogP contribution in [0.2, 0.25) is 0 Å². The number of pyridine rings is 1. The van der Waals surface area contributed by atoms with E-state index in [4.69, 9.17) is 21.3 Å². The van der Waals surface area contributed by atoms with Crippen LogP contribution in [0.1, 0.15) is 29.9 Å². The van der Waals surface area contributed by atoms with Crippen molar-refractivity contribution in [1.29, 1.82) is 0 Å². The standard InChI is InChI=1S/C24H22ClN3O2/c1-16(2)30-24-8-7-18(23(29)14-28-10-9-26-15-28)12-20(24)19-11-17-5-3-4-6-21(17)27-22(19)13-25/h3-12,15-16H,13-14H2,1-2H3. The molecular formula is C24H22ClN3O2. The molecule has 0 saturated heterocycles. The number of imidazole rings is 1. The molecule has 0 fully saturated rings. The first-order valence-corrected chi connectivity index (χ1v) is 10.3. The van der Waals surface area contributed by atoms with Crippen LogP contribution in [-0.4, -0.2) is 26.4 Å². The highest BCUT2D eigenvalue weighted by molar-refractivity contribution is 6.17. The van der Waals surface area contributed by atoms with E-state index >= 15 is 0 Å². The number of ketones is 1. The van der Waals surface area contributed by atoms with Gasteiger partial charge in [-0.1, -0.05) is 18.2 Å². The maximum absolute atomic E-state index is 12.9. The summed E-state index contributed by atoms with van der Waals surface area (Å²) in [6.07, 6.45) is 5.05. The summed E-state index contributed by atoms with van der Waals surface area (Å²) in [7, 11) is 0. The summed E-state index contributed by atoms with van der Waals surface area (Å²) >= 11 is 6.26. The topological polar surface area (TPSA) is 57.0 Å². The molecular weight excluding hydrogens is 398 g/mol. The summed E-state index contributed by atoms with van der Waals surface area (Å²) in [6, 6.07) is 15.5. The molecule has 0 bridgehead atoms. The van der Waals surface area contributed by atoms with Crippen molar-refractivity contribution in [2.45, 2.75) is 32.4 Å². The molecule has 4 rings (SSSR count). The number of halogens is 1. The zero-order valence-electron chi connectivity index (χ0n) is 16.9. The molecule has 2 aromatic heterocycles. The fraction of sp³-hybridized carbons (Fsp3) is 0.208. The van der Waals surface area contributed by atoms with Gasteiger partial charge in [-0.15, -0.1) is 11.6 Å². The molecule has 0 radical (unpaired) electrons. The highest BCUT2D eigenvalue weighted by Gasteiger charge is 2.17. The Morgan fingerprint density at radius 2 is 1.97 bits per heavy atom. The Bertz CT molecular complexity index is 1190. The van der Waals surface area contributed by atoms with Crippen molar-refractivity contribution in [3.63, 3.8) is 0 Å². The molecule has 5 nitrogen and oxygen atoms in total. The van der Waals surface area contributed by atoms with Crippen LogP contribution in [0.15, 0.2) is 67.3 Å². The average Bonchev–Trinajstić information content (AvgIpc) is 3.25. The summed E-state index contributed by atoms with van der Waals surface area (Å²) < 4.78 is 7.81. The molecule has 2 aromatic carbocycles. The molecule has 0 spiro atoms. The third kappa shape index (κ3) is 4.21. The maximum Gasteiger partial charge on any atom is 0.182 e. The molecule has 30 heavy (non-hydrogen) atoms. The Kier molecular flexibility index (Phi) is 5.81. The lowest BCUT2D eigenvalue weighted by atomic mass is 9.97. The minimum absolute atomic E-state index is 0.00785. The quantitative estimate of drug-likeness (QED) is 0.293. The summed E-state index contributed by atoms with van der Waals surface area (Å²) in [5.74, 6) is 0.952. The zero-order chi connectivity index (χ0) is 21.1. The van der Waals surface area contributed by atoms with E-state index < -0.39 is 0 Å². The molecule has 6 heteroatoms. The van der Waals surface area contributed by atoms with Crippen molar-refractivity contribution in [3.05, 3.63) is 78.5 Å². The second-order valence-corrected chi connectivity index (χ2v) is 7.61. The van der Waals surface area contributed by atoms with Gasteiger partial charge in [-0.2, -0.15) is 0 Å². The molecule has 0 amide bonds. The molecule has 0 atom stereocenters. The Morgan fingerprint density at radius 1 is 1.13 bits per heavy atom. The second-order valence-electron chi connectivity index (χ2n) is 7.34. The monoisotopic (exact) mass is 419 g/mol. The normalized spacial score (nSPS) is 11.2. The number of ether oxygens (including phenoxy) is 1. The van der Waals surface area contributed by atoms with Crippen molar-refractivity contribution in [2.75, 3.05) is 0 Å². The van der Waals surface area contributed by atoms with Crippen LogP contribution in [0.5, 0.6) is 5.75 Å². The van der Waals surface area contributed by atoms with E-state index in [1.54, 1.807) is 29.4 Å². The van der Waals surface area contributed by atoms with Gasteiger partial charge in [-0.3, -0.25) is 9.78 Å². The Hall–Kier alpha value is -3.18. The van der Waals surface area contributed by atoms with Gasteiger partial charge in [-0.25, -0.2) is 4.98 Å². The maximum atomic E-state index is 12.9. The number of nitrogens with zero attached hydrogens (tertiary/aromatic N) is 3. The molecule has 0 saturated carbocycles. The van der Waals surface area contributed by atoms with Crippen LogP contribution in [0.3, 0.4) is 0 Å². The number of para-hydroxylation sites is 1. The predicted molar refractivity (Wildman–Crippen MR) is 119 cm³/mol.